The Hall–Kier alpha value is -0.960. The molecule has 3 rings (SSSR count). The lowest BCUT2D eigenvalue weighted by Gasteiger charge is -2.23. The smallest absolute Gasteiger partial charge is 0.108 e. The third kappa shape index (κ3) is 2.81. The summed E-state index contributed by atoms with van der Waals surface area (Å²) < 4.78 is 5.49. The Morgan fingerprint density at radius 2 is 2.16 bits per heavy atom. The first-order valence-electron chi connectivity index (χ1n) is 6.47. The molecule has 0 radical (unpaired) electrons. The monoisotopic (exact) mass is 295 g/mol. The van der Waals surface area contributed by atoms with Crippen molar-refractivity contribution >= 4 is 23.2 Å². The van der Waals surface area contributed by atoms with Gasteiger partial charge in [-0.1, -0.05) is 29.3 Å². The van der Waals surface area contributed by atoms with Crippen molar-refractivity contribution in [1.82, 2.24) is 5.32 Å². The highest BCUT2D eigenvalue weighted by molar-refractivity contribution is 6.35. The molecule has 1 aromatic carbocycles. The highest BCUT2D eigenvalue weighted by atomic mass is 35.5. The molecule has 0 fully saturated rings. The molecule has 1 N–H and O–H groups in total. The van der Waals surface area contributed by atoms with Crippen LogP contribution in [0.3, 0.4) is 0 Å². The molecular weight excluding hydrogens is 281 g/mol. The topological polar surface area (TPSA) is 25.2 Å². The van der Waals surface area contributed by atoms with Crippen molar-refractivity contribution in [1.29, 1.82) is 0 Å². The van der Waals surface area contributed by atoms with Crippen LogP contribution in [0.5, 0.6) is 0 Å². The summed E-state index contributed by atoms with van der Waals surface area (Å²) in [6, 6.07) is 8.04. The molecule has 0 bridgehead atoms. The molecule has 1 heterocycles. The first kappa shape index (κ1) is 13.0. The summed E-state index contributed by atoms with van der Waals surface area (Å²) in [6.07, 6.45) is 5.12. The minimum Gasteiger partial charge on any atom is -0.469 e. The summed E-state index contributed by atoms with van der Waals surface area (Å²) in [6.45, 7) is 0.741. The Labute approximate surface area is 122 Å². The van der Waals surface area contributed by atoms with E-state index >= 15 is 0 Å². The number of rotatable bonds is 3. The van der Waals surface area contributed by atoms with E-state index in [-0.39, 0.29) is 0 Å². The maximum Gasteiger partial charge on any atom is 0.108 e. The fourth-order valence-electron chi connectivity index (χ4n) is 2.60. The lowest BCUT2D eigenvalue weighted by molar-refractivity contribution is 0.411. The molecule has 1 aliphatic rings. The Bertz CT molecular complexity index is 579. The molecule has 100 valence electrons. The van der Waals surface area contributed by atoms with Gasteiger partial charge in [0.1, 0.15) is 5.76 Å². The average molecular weight is 296 g/mol. The van der Waals surface area contributed by atoms with E-state index in [0.29, 0.717) is 16.1 Å². The van der Waals surface area contributed by atoms with Crippen molar-refractivity contribution in [2.45, 2.75) is 31.8 Å². The molecule has 1 atom stereocenters. The third-order valence-corrected chi connectivity index (χ3v) is 4.19. The zero-order valence-electron chi connectivity index (χ0n) is 10.5. The van der Waals surface area contributed by atoms with Crippen LogP contribution in [0, 0.1) is 0 Å². The minimum absolute atomic E-state index is 0.356. The second-order valence-corrected chi connectivity index (χ2v) is 5.70. The van der Waals surface area contributed by atoms with E-state index in [1.54, 1.807) is 12.3 Å². The number of nitrogens with one attached hydrogen (secondary N) is 1. The van der Waals surface area contributed by atoms with E-state index in [0.717, 1.165) is 37.1 Å². The number of hydrogen-bond donors (Lipinski definition) is 1. The molecular formula is C15H15Cl2NO. The summed E-state index contributed by atoms with van der Waals surface area (Å²) in [5, 5.41) is 4.93. The summed E-state index contributed by atoms with van der Waals surface area (Å²) in [7, 11) is 0. The predicted octanol–water partition coefficient (Wildman–Crippen LogP) is 4.75. The van der Waals surface area contributed by atoms with Crippen molar-refractivity contribution in [3.05, 3.63) is 57.5 Å². The van der Waals surface area contributed by atoms with Gasteiger partial charge in [0.25, 0.3) is 0 Å². The normalized spacial score (nSPS) is 18.3. The van der Waals surface area contributed by atoms with E-state index in [1.165, 1.54) is 5.56 Å². The van der Waals surface area contributed by atoms with E-state index < -0.39 is 0 Å². The van der Waals surface area contributed by atoms with Gasteiger partial charge in [-0.05, 0) is 36.6 Å². The molecule has 0 spiro atoms. The minimum atomic E-state index is 0.356. The fraction of sp³-hybridized carbons (Fsp3) is 0.333. The lowest BCUT2D eigenvalue weighted by Crippen LogP contribution is -2.24. The molecule has 2 aromatic rings. The van der Waals surface area contributed by atoms with Crippen molar-refractivity contribution < 1.29 is 4.42 Å². The highest BCUT2D eigenvalue weighted by Crippen LogP contribution is 2.31. The standard InChI is InChI=1S/C15H15Cl2NO/c16-11-5-4-10(13(17)8-11)9-18-14-2-1-3-15-12(14)6-7-19-15/h4-8,14,18H,1-3,9H2. The van der Waals surface area contributed by atoms with Gasteiger partial charge in [0.15, 0.2) is 0 Å². The van der Waals surface area contributed by atoms with Crippen LogP contribution in [0.1, 0.15) is 35.8 Å². The number of aryl methyl sites for hydroxylation is 1. The molecule has 0 amide bonds. The number of hydrogen-bond acceptors (Lipinski definition) is 2. The SMILES string of the molecule is Clc1ccc(CNC2CCCc3occc32)c(Cl)c1. The van der Waals surface area contributed by atoms with Crippen LogP contribution >= 0.6 is 23.2 Å². The molecule has 1 aromatic heterocycles. The van der Waals surface area contributed by atoms with Crippen LogP contribution in [-0.2, 0) is 13.0 Å². The van der Waals surface area contributed by atoms with Crippen LogP contribution in [0.4, 0.5) is 0 Å². The van der Waals surface area contributed by atoms with Crippen LogP contribution in [0.25, 0.3) is 0 Å². The van der Waals surface area contributed by atoms with Gasteiger partial charge >= 0.3 is 0 Å². The van der Waals surface area contributed by atoms with Crippen LogP contribution in [0.15, 0.2) is 34.9 Å². The Morgan fingerprint density at radius 3 is 3.00 bits per heavy atom. The summed E-state index contributed by atoms with van der Waals surface area (Å²) >= 11 is 12.1. The second kappa shape index (κ2) is 5.58. The van der Waals surface area contributed by atoms with Crippen LogP contribution < -0.4 is 5.32 Å². The van der Waals surface area contributed by atoms with E-state index in [4.69, 9.17) is 27.6 Å². The molecule has 4 heteroatoms. The molecule has 0 saturated heterocycles. The van der Waals surface area contributed by atoms with Crippen molar-refractivity contribution in [3.63, 3.8) is 0 Å². The van der Waals surface area contributed by atoms with Crippen molar-refractivity contribution in [2.75, 3.05) is 0 Å². The predicted molar refractivity (Wildman–Crippen MR) is 77.7 cm³/mol. The Balaban J connectivity index is 1.71. The fourth-order valence-corrected chi connectivity index (χ4v) is 3.07. The molecule has 0 aliphatic heterocycles. The molecule has 1 unspecified atom stereocenters. The van der Waals surface area contributed by atoms with Gasteiger partial charge in [-0.25, -0.2) is 0 Å². The van der Waals surface area contributed by atoms with Gasteiger partial charge in [-0.15, -0.1) is 0 Å². The Kier molecular flexibility index (Phi) is 3.83. The first-order chi connectivity index (χ1) is 9.24. The largest absolute Gasteiger partial charge is 0.469 e. The van der Waals surface area contributed by atoms with Crippen LogP contribution in [0.2, 0.25) is 10.0 Å². The van der Waals surface area contributed by atoms with E-state index in [9.17, 15) is 0 Å². The van der Waals surface area contributed by atoms with Gasteiger partial charge in [-0.2, -0.15) is 0 Å². The van der Waals surface area contributed by atoms with E-state index in [2.05, 4.69) is 11.4 Å². The Morgan fingerprint density at radius 1 is 1.26 bits per heavy atom. The zero-order chi connectivity index (χ0) is 13.2. The highest BCUT2D eigenvalue weighted by Gasteiger charge is 2.22. The van der Waals surface area contributed by atoms with Gasteiger partial charge < -0.3 is 9.73 Å². The van der Waals surface area contributed by atoms with Gasteiger partial charge in [0.2, 0.25) is 0 Å². The van der Waals surface area contributed by atoms with Crippen LogP contribution in [-0.4, -0.2) is 0 Å². The molecule has 0 saturated carbocycles. The number of halogens is 2. The first-order valence-corrected chi connectivity index (χ1v) is 7.23. The summed E-state index contributed by atoms with van der Waals surface area (Å²) in [4.78, 5) is 0. The second-order valence-electron chi connectivity index (χ2n) is 4.86. The number of furan rings is 1. The third-order valence-electron chi connectivity index (χ3n) is 3.61. The molecule has 1 aliphatic carbocycles. The van der Waals surface area contributed by atoms with Gasteiger partial charge in [0, 0.05) is 34.6 Å². The van der Waals surface area contributed by atoms with Gasteiger partial charge in [0.05, 0.1) is 6.26 Å². The lowest BCUT2D eigenvalue weighted by atomic mass is 9.93. The summed E-state index contributed by atoms with van der Waals surface area (Å²) in [5.41, 5.74) is 2.36. The maximum absolute atomic E-state index is 6.18. The van der Waals surface area contributed by atoms with Gasteiger partial charge in [-0.3, -0.25) is 0 Å². The maximum atomic E-state index is 6.18. The number of fused-ring (bicyclic) bond motifs is 1. The quantitative estimate of drug-likeness (QED) is 0.884. The van der Waals surface area contributed by atoms with Crippen molar-refractivity contribution in [2.24, 2.45) is 0 Å². The zero-order valence-corrected chi connectivity index (χ0v) is 12.0. The number of benzene rings is 1. The average Bonchev–Trinajstić information content (AvgIpc) is 2.86. The van der Waals surface area contributed by atoms with Crippen molar-refractivity contribution in [3.8, 4) is 0 Å². The van der Waals surface area contributed by atoms with E-state index in [1.807, 2.05) is 12.1 Å². The molecule has 2 nitrogen and oxygen atoms in total. The summed E-state index contributed by atoms with van der Waals surface area (Å²) in [5.74, 6) is 1.12. The molecule has 19 heavy (non-hydrogen) atoms.